The molecule has 0 unspecified atom stereocenters. The molecule has 1 fully saturated rings. The molecule has 0 aliphatic carbocycles. The van der Waals surface area contributed by atoms with E-state index in [1.54, 1.807) is 22.8 Å². The molecule has 1 heterocycles. The molecular weight excluding hydrogens is 350 g/mol. The summed E-state index contributed by atoms with van der Waals surface area (Å²) < 4.78 is 0. The lowest BCUT2D eigenvalue weighted by atomic mass is 10.1. The third-order valence-corrected chi connectivity index (χ3v) is 4.90. The zero-order valence-corrected chi connectivity index (χ0v) is 15.9. The topological polar surface area (TPSA) is 52.7 Å². The van der Waals surface area contributed by atoms with Gasteiger partial charge in [-0.15, -0.1) is 0 Å². The number of benzene rings is 2. The number of carbonyl (C=O) groups excluding carboxylic acids is 2. The van der Waals surface area contributed by atoms with Gasteiger partial charge in [0.1, 0.15) is 6.04 Å². The molecule has 2 aromatic carbocycles. The Hall–Kier alpha value is -2.53. The second-order valence-corrected chi connectivity index (χ2v) is 7.02. The Morgan fingerprint density at radius 2 is 1.81 bits per heavy atom. The molecule has 1 N–H and O–H groups in total. The first-order valence-electron chi connectivity index (χ1n) is 8.58. The number of amides is 3. The van der Waals surface area contributed by atoms with Crippen LogP contribution in [0.4, 0.5) is 16.2 Å². The first kappa shape index (κ1) is 18.3. The third-order valence-electron chi connectivity index (χ3n) is 4.67. The van der Waals surface area contributed by atoms with Crippen LogP contribution in [0.2, 0.25) is 5.02 Å². The number of halogens is 1. The van der Waals surface area contributed by atoms with Crippen molar-refractivity contribution in [3.05, 3.63) is 58.6 Å². The smallest absolute Gasteiger partial charge is 0.311 e. The number of rotatable bonds is 2. The number of hydrogen-bond acceptors (Lipinski definition) is 2. The van der Waals surface area contributed by atoms with Crippen LogP contribution in [0.15, 0.2) is 42.5 Å². The van der Waals surface area contributed by atoms with Gasteiger partial charge in [-0.2, -0.15) is 0 Å². The van der Waals surface area contributed by atoms with Crippen LogP contribution in [0.3, 0.4) is 0 Å². The van der Waals surface area contributed by atoms with Crippen molar-refractivity contribution < 1.29 is 9.59 Å². The van der Waals surface area contributed by atoms with E-state index in [0.717, 1.165) is 22.5 Å². The lowest BCUT2D eigenvalue weighted by molar-refractivity contribution is -0.123. The zero-order valence-electron chi connectivity index (χ0n) is 15.1. The van der Waals surface area contributed by atoms with Gasteiger partial charge >= 0.3 is 6.03 Å². The van der Waals surface area contributed by atoms with Gasteiger partial charge in [0.25, 0.3) is 0 Å². The summed E-state index contributed by atoms with van der Waals surface area (Å²) in [5.41, 5.74) is 3.62. The van der Waals surface area contributed by atoms with Crippen molar-refractivity contribution in [2.24, 2.45) is 0 Å². The highest BCUT2D eigenvalue weighted by Gasteiger charge is 2.35. The van der Waals surface area contributed by atoms with Crippen LogP contribution in [-0.4, -0.2) is 36.0 Å². The van der Waals surface area contributed by atoms with Crippen molar-refractivity contribution in [2.75, 3.05) is 23.3 Å². The highest BCUT2D eigenvalue weighted by atomic mass is 35.5. The lowest BCUT2D eigenvalue weighted by Gasteiger charge is -2.39. The molecule has 1 aliphatic heterocycles. The first-order valence-corrected chi connectivity index (χ1v) is 8.96. The number of hydrogen-bond donors (Lipinski definition) is 1. The number of nitrogens with zero attached hydrogens (tertiary/aromatic N) is 2. The summed E-state index contributed by atoms with van der Waals surface area (Å²) in [5, 5.41) is 3.50. The van der Waals surface area contributed by atoms with Crippen molar-refractivity contribution in [2.45, 2.75) is 26.8 Å². The molecule has 6 heteroatoms. The van der Waals surface area contributed by atoms with Crippen LogP contribution in [0.25, 0.3) is 0 Å². The summed E-state index contributed by atoms with van der Waals surface area (Å²) >= 11 is 6.01. The van der Waals surface area contributed by atoms with Gasteiger partial charge < -0.3 is 15.1 Å². The largest absolute Gasteiger partial charge is 0.322 e. The number of urea groups is 1. The minimum Gasteiger partial charge on any atom is -0.311 e. The van der Waals surface area contributed by atoms with Crippen LogP contribution >= 0.6 is 11.6 Å². The summed E-state index contributed by atoms with van der Waals surface area (Å²) in [4.78, 5) is 28.7. The van der Waals surface area contributed by atoms with Crippen LogP contribution in [0.5, 0.6) is 0 Å². The average molecular weight is 372 g/mol. The van der Waals surface area contributed by atoms with Crippen molar-refractivity contribution in [1.82, 2.24) is 4.90 Å². The fourth-order valence-electron chi connectivity index (χ4n) is 3.14. The van der Waals surface area contributed by atoms with E-state index in [-0.39, 0.29) is 11.9 Å². The predicted octanol–water partition coefficient (Wildman–Crippen LogP) is 4.23. The van der Waals surface area contributed by atoms with Crippen molar-refractivity contribution in [3.8, 4) is 0 Å². The van der Waals surface area contributed by atoms with E-state index < -0.39 is 6.04 Å². The number of carbonyl (C=O) groups is 2. The van der Waals surface area contributed by atoms with Gasteiger partial charge in [0.15, 0.2) is 0 Å². The quantitative estimate of drug-likeness (QED) is 0.859. The van der Waals surface area contributed by atoms with Gasteiger partial charge in [0.05, 0.1) is 0 Å². The Kier molecular flexibility index (Phi) is 5.18. The van der Waals surface area contributed by atoms with E-state index in [0.29, 0.717) is 18.1 Å². The lowest BCUT2D eigenvalue weighted by Crippen LogP contribution is -2.58. The standard InChI is InChI=1S/C20H22ClN3O2/c1-13-4-7-17(8-5-13)22-20(26)23-10-11-24(19(25)15(23)3)18-9-6-16(21)12-14(18)2/h4-9,12,15H,10-11H2,1-3H3,(H,22,26)/t15-/m1/s1. The second-order valence-electron chi connectivity index (χ2n) is 6.59. The van der Waals surface area contributed by atoms with Gasteiger partial charge in [-0.05, 0) is 56.7 Å². The van der Waals surface area contributed by atoms with E-state index in [2.05, 4.69) is 5.32 Å². The zero-order chi connectivity index (χ0) is 18.8. The molecule has 0 saturated carbocycles. The average Bonchev–Trinajstić information content (AvgIpc) is 2.60. The van der Waals surface area contributed by atoms with Gasteiger partial charge in [-0.3, -0.25) is 4.79 Å². The van der Waals surface area contributed by atoms with E-state index >= 15 is 0 Å². The number of aryl methyl sites for hydroxylation is 2. The molecule has 1 saturated heterocycles. The maximum absolute atomic E-state index is 12.8. The normalized spacial score (nSPS) is 17.4. The monoisotopic (exact) mass is 371 g/mol. The molecule has 0 radical (unpaired) electrons. The third kappa shape index (κ3) is 3.68. The first-order chi connectivity index (χ1) is 12.4. The van der Waals surface area contributed by atoms with E-state index in [4.69, 9.17) is 11.6 Å². The Bertz CT molecular complexity index is 835. The number of piperazine rings is 1. The molecule has 3 amide bonds. The predicted molar refractivity (Wildman–Crippen MR) is 105 cm³/mol. The van der Waals surface area contributed by atoms with Crippen LogP contribution in [0, 0.1) is 13.8 Å². The summed E-state index contributed by atoms with van der Waals surface area (Å²) in [6.07, 6.45) is 0. The summed E-state index contributed by atoms with van der Waals surface area (Å²) in [6, 6.07) is 12.2. The van der Waals surface area contributed by atoms with E-state index in [1.807, 2.05) is 50.2 Å². The van der Waals surface area contributed by atoms with E-state index in [9.17, 15) is 9.59 Å². The molecule has 136 valence electrons. The maximum atomic E-state index is 12.8. The van der Waals surface area contributed by atoms with Crippen molar-refractivity contribution in [3.63, 3.8) is 0 Å². The minimum absolute atomic E-state index is 0.0965. The van der Waals surface area contributed by atoms with Gasteiger partial charge in [-0.25, -0.2) is 4.79 Å². The molecule has 5 nitrogen and oxygen atoms in total. The molecule has 26 heavy (non-hydrogen) atoms. The summed E-state index contributed by atoms with van der Waals surface area (Å²) in [5.74, 6) is -0.0965. The van der Waals surface area contributed by atoms with Crippen molar-refractivity contribution in [1.29, 1.82) is 0 Å². The molecule has 3 rings (SSSR count). The van der Waals surface area contributed by atoms with Crippen LogP contribution < -0.4 is 10.2 Å². The highest BCUT2D eigenvalue weighted by molar-refractivity contribution is 6.30. The fourth-order valence-corrected chi connectivity index (χ4v) is 3.37. The molecule has 0 aromatic heterocycles. The number of nitrogens with one attached hydrogen (secondary N) is 1. The Balaban J connectivity index is 1.72. The molecule has 2 aromatic rings. The SMILES string of the molecule is Cc1ccc(NC(=O)N2CCN(c3ccc(Cl)cc3C)C(=O)[C@H]2C)cc1. The number of anilines is 2. The van der Waals surface area contributed by atoms with Gasteiger partial charge in [0.2, 0.25) is 5.91 Å². The molecule has 1 atom stereocenters. The summed E-state index contributed by atoms with van der Waals surface area (Å²) in [7, 11) is 0. The summed E-state index contributed by atoms with van der Waals surface area (Å²) in [6.45, 7) is 6.59. The maximum Gasteiger partial charge on any atom is 0.322 e. The van der Waals surface area contributed by atoms with Crippen LogP contribution in [-0.2, 0) is 4.79 Å². The molecular formula is C20H22ClN3O2. The van der Waals surface area contributed by atoms with Gasteiger partial charge in [-0.1, -0.05) is 29.3 Å². The molecule has 1 aliphatic rings. The van der Waals surface area contributed by atoms with Crippen LogP contribution in [0.1, 0.15) is 18.1 Å². The Labute approximate surface area is 158 Å². The van der Waals surface area contributed by atoms with E-state index in [1.165, 1.54) is 0 Å². The second kappa shape index (κ2) is 7.38. The van der Waals surface area contributed by atoms with Crippen molar-refractivity contribution >= 4 is 34.9 Å². The Morgan fingerprint density at radius 3 is 2.46 bits per heavy atom. The highest BCUT2D eigenvalue weighted by Crippen LogP contribution is 2.27. The Morgan fingerprint density at radius 1 is 1.12 bits per heavy atom. The minimum atomic E-state index is -0.538. The van der Waals surface area contributed by atoms with Gasteiger partial charge in [0, 0.05) is 29.5 Å². The molecule has 0 spiro atoms. The fraction of sp³-hybridized carbons (Fsp3) is 0.300. The molecule has 0 bridgehead atoms.